The second-order valence-electron chi connectivity index (χ2n) is 2.25. The van der Waals surface area contributed by atoms with Crippen LogP contribution in [0.3, 0.4) is 0 Å². The maximum Gasteiger partial charge on any atom is 0.100 e. The van der Waals surface area contributed by atoms with Crippen LogP contribution in [0.1, 0.15) is 16.7 Å². The van der Waals surface area contributed by atoms with Crippen LogP contribution in [0.25, 0.3) is 0 Å². The van der Waals surface area contributed by atoms with E-state index in [1.807, 2.05) is 6.07 Å². The smallest absolute Gasteiger partial charge is 0.100 e. The molecule has 0 saturated heterocycles. The van der Waals surface area contributed by atoms with Crippen molar-refractivity contribution in [1.29, 1.82) is 5.26 Å². The minimum atomic E-state index is -0.130. The molecule has 0 saturated carbocycles. The van der Waals surface area contributed by atoms with Gasteiger partial charge in [0.15, 0.2) is 0 Å². The number of aliphatic hydroxyl groups excluding tert-OH is 1. The highest BCUT2D eigenvalue weighted by molar-refractivity contribution is 5.51. The van der Waals surface area contributed by atoms with Gasteiger partial charge in [0.1, 0.15) is 6.07 Å². The van der Waals surface area contributed by atoms with Gasteiger partial charge in [-0.1, -0.05) is 18.1 Å². The molecule has 0 aliphatic heterocycles. The summed E-state index contributed by atoms with van der Waals surface area (Å²) in [6, 6.07) is 7.00. The van der Waals surface area contributed by atoms with E-state index in [1.54, 1.807) is 18.2 Å². The molecule has 58 valence electrons. The topological polar surface area (TPSA) is 44.0 Å². The fraction of sp³-hybridized carbons (Fsp3) is 0.100. The molecular formula is C10H7NO. The molecule has 0 aliphatic rings. The molecule has 0 fully saturated rings. The van der Waals surface area contributed by atoms with E-state index < -0.39 is 0 Å². The molecule has 0 radical (unpaired) electrons. The van der Waals surface area contributed by atoms with Crippen molar-refractivity contribution in [2.45, 2.75) is 6.61 Å². The molecular weight excluding hydrogens is 150 g/mol. The van der Waals surface area contributed by atoms with Gasteiger partial charge in [-0.15, -0.1) is 6.42 Å². The molecule has 0 atom stereocenters. The Balaban J connectivity index is 3.37. The van der Waals surface area contributed by atoms with Crippen molar-refractivity contribution in [3.8, 4) is 18.4 Å². The van der Waals surface area contributed by atoms with Crippen LogP contribution in [0.5, 0.6) is 0 Å². The number of nitrogens with zero attached hydrogens (tertiary/aromatic N) is 1. The summed E-state index contributed by atoms with van der Waals surface area (Å²) < 4.78 is 0. The number of hydrogen-bond acceptors (Lipinski definition) is 2. The molecule has 0 unspecified atom stereocenters. The number of terminal acetylenes is 1. The highest BCUT2D eigenvalue weighted by atomic mass is 16.3. The van der Waals surface area contributed by atoms with Crippen LogP contribution >= 0.6 is 0 Å². The number of rotatable bonds is 1. The molecule has 0 aromatic heterocycles. The predicted octanol–water partition coefficient (Wildman–Crippen LogP) is 1.03. The molecule has 0 aliphatic carbocycles. The Morgan fingerprint density at radius 3 is 2.75 bits per heavy atom. The maximum absolute atomic E-state index is 8.86. The van der Waals surface area contributed by atoms with Gasteiger partial charge in [-0.3, -0.25) is 0 Å². The van der Waals surface area contributed by atoms with Crippen LogP contribution in [-0.4, -0.2) is 5.11 Å². The Hall–Kier alpha value is -1.77. The van der Waals surface area contributed by atoms with Gasteiger partial charge in [0.2, 0.25) is 0 Å². The third-order valence-electron chi connectivity index (χ3n) is 1.59. The molecule has 1 aromatic carbocycles. The summed E-state index contributed by atoms with van der Waals surface area (Å²) in [4.78, 5) is 0. The highest BCUT2D eigenvalue weighted by Gasteiger charge is 2.03. The van der Waals surface area contributed by atoms with Crippen molar-refractivity contribution < 1.29 is 5.11 Å². The highest BCUT2D eigenvalue weighted by Crippen LogP contribution is 2.12. The SMILES string of the molecule is C#Cc1c(C#N)cccc1CO. The van der Waals surface area contributed by atoms with E-state index in [4.69, 9.17) is 16.8 Å². The molecule has 1 N–H and O–H groups in total. The van der Waals surface area contributed by atoms with Crippen molar-refractivity contribution in [3.63, 3.8) is 0 Å². The van der Waals surface area contributed by atoms with Gasteiger partial charge in [0.05, 0.1) is 12.2 Å². The molecule has 2 nitrogen and oxygen atoms in total. The average molecular weight is 157 g/mol. The van der Waals surface area contributed by atoms with Gasteiger partial charge in [0.25, 0.3) is 0 Å². The third kappa shape index (κ3) is 1.29. The normalized spacial score (nSPS) is 8.58. The maximum atomic E-state index is 8.86. The molecule has 0 heterocycles. The second-order valence-corrected chi connectivity index (χ2v) is 2.25. The van der Waals surface area contributed by atoms with Crippen molar-refractivity contribution >= 4 is 0 Å². The monoisotopic (exact) mass is 157 g/mol. The molecule has 2 heteroatoms. The number of aliphatic hydroxyl groups is 1. The first kappa shape index (κ1) is 8.33. The minimum Gasteiger partial charge on any atom is -0.392 e. The van der Waals surface area contributed by atoms with E-state index in [0.29, 0.717) is 16.7 Å². The first-order valence-corrected chi connectivity index (χ1v) is 3.43. The van der Waals surface area contributed by atoms with E-state index in [0.717, 1.165) is 0 Å². The zero-order valence-corrected chi connectivity index (χ0v) is 6.41. The Bertz CT molecular complexity index is 368. The summed E-state index contributed by atoms with van der Waals surface area (Å²) in [5.74, 6) is 2.38. The van der Waals surface area contributed by atoms with E-state index in [1.165, 1.54) is 0 Å². The van der Waals surface area contributed by atoms with E-state index in [9.17, 15) is 0 Å². The molecule has 1 rings (SSSR count). The summed E-state index contributed by atoms with van der Waals surface area (Å²) in [6.45, 7) is -0.130. The lowest BCUT2D eigenvalue weighted by Crippen LogP contribution is -1.92. The van der Waals surface area contributed by atoms with Gasteiger partial charge in [-0.05, 0) is 11.6 Å². The fourth-order valence-corrected chi connectivity index (χ4v) is 0.996. The summed E-state index contributed by atoms with van der Waals surface area (Å²) in [5, 5.41) is 17.5. The average Bonchev–Trinajstić information content (AvgIpc) is 2.16. The number of nitriles is 1. The van der Waals surface area contributed by atoms with Crippen LogP contribution in [0, 0.1) is 23.7 Å². The van der Waals surface area contributed by atoms with E-state index >= 15 is 0 Å². The standard InChI is InChI=1S/C10H7NO/c1-2-10-8(6-11)4-3-5-9(10)7-12/h1,3-5,12H,7H2. The van der Waals surface area contributed by atoms with Crippen LogP contribution in [0.2, 0.25) is 0 Å². The summed E-state index contributed by atoms with van der Waals surface area (Å²) in [5.41, 5.74) is 1.54. The summed E-state index contributed by atoms with van der Waals surface area (Å²) in [7, 11) is 0. The Morgan fingerprint density at radius 1 is 1.50 bits per heavy atom. The lowest BCUT2D eigenvalue weighted by Gasteiger charge is -2.01. The summed E-state index contributed by atoms with van der Waals surface area (Å²) >= 11 is 0. The Morgan fingerprint density at radius 2 is 2.25 bits per heavy atom. The third-order valence-corrected chi connectivity index (χ3v) is 1.59. The van der Waals surface area contributed by atoms with Gasteiger partial charge in [-0.2, -0.15) is 5.26 Å². The zero-order valence-electron chi connectivity index (χ0n) is 6.41. The lowest BCUT2D eigenvalue weighted by atomic mass is 10.0. The first-order chi connectivity index (χ1) is 5.83. The van der Waals surface area contributed by atoms with Crippen molar-refractivity contribution in [2.75, 3.05) is 0 Å². The fourth-order valence-electron chi connectivity index (χ4n) is 0.996. The van der Waals surface area contributed by atoms with Crippen LogP contribution < -0.4 is 0 Å². The van der Waals surface area contributed by atoms with Crippen LogP contribution in [-0.2, 0) is 6.61 Å². The van der Waals surface area contributed by atoms with Gasteiger partial charge in [0, 0.05) is 5.56 Å². The number of benzene rings is 1. The van der Waals surface area contributed by atoms with Crippen molar-refractivity contribution in [2.24, 2.45) is 0 Å². The minimum absolute atomic E-state index is 0.130. The molecule has 0 spiro atoms. The first-order valence-electron chi connectivity index (χ1n) is 3.43. The van der Waals surface area contributed by atoms with Crippen LogP contribution in [0.15, 0.2) is 18.2 Å². The Kier molecular flexibility index (Phi) is 2.48. The quantitative estimate of drug-likeness (QED) is 0.619. The van der Waals surface area contributed by atoms with E-state index in [-0.39, 0.29) is 6.61 Å². The van der Waals surface area contributed by atoms with Gasteiger partial charge >= 0.3 is 0 Å². The molecule has 1 aromatic rings. The van der Waals surface area contributed by atoms with Crippen LogP contribution in [0.4, 0.5) is 0 Å². The van der Waals surface area contributed by atoms with Crippen molar-refractivity contribution in [1.82, 2.24) is 0 Å². The molecule has 12 heavy (non-hydrogen) atoms. The second kappa shape index (κ2) is 3.57. The van der Waals surface area contributed by atoms with E-state index in [2.05, 4.69) is 5.92 Å². The van der Waals surface area contributed by atoms with Gasteiger partial charge in [-0.25, -0.2) is 0 Å². The predicted molar refractivity (Wildman–Crippen MR) is 45.0 cm³/mol. The largest absolute Gasteiger partial charge is 0.392 e. The Labute approximate surface area is 71.1 Å². The molecule has 0 amide bonds. The van der Waals surface area contributed by atoms with Gasteiger partial charge < -0.3 is 5.11 Å². The summed E-state index contributed by atoms with van der Waals surface area (Å²) in [6.07, 6.45) is 5.19. The lowest BCUT2D eigenvalue weighted by molar-refractivity contribution is 0.281. The zero-order chi connectivity index (χ0) is 8.97. The molecule has 0 bridgehead atoms. The number of hydrogen-bond donors (Lipinski definition) is 1. The van der Waals surface area contributed by atoms with Crippen molar-refractivity contribution in [3.05, 3.63) is 34.9 Å².